The molecule has 0 aromatic carbocycles. The van der Waals surface area contributed by atoms with Crippen LogP contribution in [-0.4, -0.2) is 32.3 Å². The fourth-order valence-electron chi connectivity index (χ4n) is 1.94. The Balaban J connectivity index is 2.14. The van der Waals surface area contributed by atoms with E-state index in [0.29, 0.717) is 6.54 Å². The minimum Gasteiger partial charge on any atom is -0.478 e. The summed E-state index contributed by atoms with van der Waals surface area (Å²) in [6.45, 7) is 4.36. The Morgan fingerprint density at radius 1 is 1.53 bits per heavy atom. The van der Waals surface area contributed by atoms with Crippen LogP contribution in [0.1, 0.15) is 27.9 Å². The van der Waals surface area contributed by atoms with Crippen LogP contribution in [0.25, 0.3) is 0 Å². The number of carboxylic acids is 1. The Labute approximate surface area is 116 Å². The van der Waals surface area contributed by atoms with E-state index in [0.717, 1.165) is 18.8 Å². The summed E-state index contributed by atoms with van der Waals surface area (Å²) in [6.07, 6.45) is 1.41. The van der Waals surface area contributed by atoms with E-state index in [1.54, 1.807) is 23.1 Å². The van der Waals surface area contributed by atoms with Gasteiger partial charge in [0.15, 0.2) is 0 Å². The van der Waals surface area contributed by atoms with Gasteiger partial charge in [0, 0.05) is 25.0 Å². The summed E-state index contributed by atoms with van der Waals surface area (Å²) in [5.74, 6) is -0.921. The number of nitrogens with zero attached hydrogens (tertiary/aromatic N) is 3. The Morgan fingerprint density at radius 2 is 2.32 bits per heavy atom. The highest BCUT2D eigenvalue weighted by Crippen LogP contribution is 2.16. The molecule has 0 spiro atoms. The van der Waals surface area contributed by atoms with Crippen molar-refractivity contribution in [3.05, 3.63) is 39.8 Å². The topological polar surface area (TPSA) is 58.4 Å². The second kappa shape index (κ2) is 5.99. The zero-order valence-electron chi connectivity index (χ0n) is 11.0. The van der Waals surface area contributed by atoms with Crippen LogP contribution in [0.5, 0.6) is 0 Å². The van der Waals surface area contributed by atoms with Crippen molar-refractivity contribution in [2.45, 2.75) is 20.0 Å². The molecular weight excluding hydrogens is 262 g/mol. The lowest BCUT2D eigenvalue weighted by Gasteiger charge is -2.20. The number of aromatic nitrogens is 2. The van der Waals surface area contributed by atoms with Crippen molar-refractivity contribution in [1.82, 2.24) is 14.7 Å². The lowest BCUT2D eigenvalue weighted by atomic mass is 10.2. The van der Waals surface area contributed by atoms with Gasteiger partial charge in [-0.1, -0.05) is 13.0 Å². The van der Waals surface area contributed by atoms with Crippen LogP contribution in [-0.2, 0) is 20.1 Å². The van der Waals surface area contributed by atoms with Gasteiger partial charge in [0.05, 0.1) is 11.9 Å². The molecule has 19 heavy (non-hydrogen) atoms. The van der Waals surface area contributed by atoms with E-state index < -0.39 is 5.97 Å². The van der Waals surface area contributed by atoms with Crippen molar-refractivity contribution >= 4 is 17.3 Å². The molecule has 0 saturated carbocycles. The number of hydrogen-bond acceptors (Lipinski definition) is 4. The largest absolute Gasteiger partial charge is 0.478 e. The second-order valence-corrected chi connectivity index (χ2v) is 5.35. The Kier molecular flexibility index (Phi) is 4.34. The highest BCUT2D eigenvalue weighted by Gasteiger charge is 2.17. The van der Waals surface area contributed by atoms with Gasteiger partial charge < -0.3 is 5.11 Å². The first-order chi connectivity index (χ1) is 9.11. The molecule has 0 aliphatic heterocycles. The maximum atomic E-state index is 11.2. The quantitative estimate of drug-likeness (QED) is 0.880. The second-order valence-electron chi connectivity index (χ2n) is 4.32. The molecule has 0 unspecified atom stereocenters. The monoisotopic (exact) mass is 279 g/mol. The summed E-state index contributed by atoms with van der Waals surface area (Å²) < 4.78 is 1.64. The first kappa shape index (κ1) is 13.8. The molecule has 2 aromatic heterocycles. The first-order valence-electron chi connectivity index (χ1n) is 6.10. The molecule has 0 aliphatic carbocycles. The Hall–Kier alpha value is -1.66. The number of aryl methyl sites for hydroxylation is 1. The molecule has 0 amide bonds. The summed E-state index contributed by atoms with van der Waals surface area (Å²) in [6, 6.07) is 4.12. The average Bonchev–Trinajstić information content (AvgIpc) is 2.99. The zero-order valence-corrected chi connectivity index (χ0v) is 11.9. The van der Waals surface area contributed by atoms with E-state index in [9.17, 15) is 4.79 Å². The number of carboxylic acid groups (broad SMARTS) is 1. The van der Waals surface area contributed by atoms with Crippen LogP contribution in [0.4, 0.5) is 0 Å². The van der Waals surface area contributed by atoms with Gasteiger partial charge in [0.1, 0.15) is 5.56 Å². The number of aromatic carboxylic acids is 1. The van der Waals surface area contributed by atoms with Gasteiger partial charge in [0.25, 0.3) is 0 Å². The third-order valence-corrected chi connectivity index (χ3v) is 3.93. The normalized spacial score (nSPS) is 11.1. The Bertz CT molecular complexity index is 548. The van der Waals surface area contributed by atoms with Crippen LogP contribution in [0.15, 0.2) is 23.7 Å². The minimum atomic E-state index is -0.921. The maximum Gasteiger partial charge on any atom is 0.339 e. The lowest BCUT2D eigenvalue weighted by Crippen LogP contribution is -2.24. The predicted octanol–water partition coefficient (Wildman–Crippen LogP) is 2.20. The van der Waals surface area contributed by atoms with E-state index >= 15 is 0 Å². The smallest absolute Gasteiger partial charge is 0.339 e. The van der Waals surface area contributed by atoms with Crippen LogP contribution in [0, 0.1) is 0 Å². The van der Waals surface area contributed by atoms with Crippen molar-refractivity contribution in [3.63, 3.8) is 0 Å². The molecule has 2 heterocycles. The van der Waals surface area contributed by atoms with Crippen molar-refractivity contribution in [2.75, 3.05) is 6.54 Å². The van der Waals surface area contributed by atoms with Crippen LogP contribution < -0.4 is 0 Å². The van der Waals surface area contributed by atoms with Gasteiger partial charge in [-0.05, 0) is 18.0 Å². The molecule has 2 aromatic rings. The van der Waals surface area contributed by atoms with E-state index in [4.69, 9.17) is 5.11 Å². The molecule has 5 nitrogen and oxygen atoms in total. The van der Waals surface area contributed by atoms with Crippen molar-refractivity contribution in [1.29, 1.82) is 0 Å². The fourth-order valence-corrected chi connectivity index (χ4v) is 2.69. The van der Waals surface area contributed by atoms with Crippen LogP contribution in [0.2, 0.25) is 0 Å². The predicted molar refractivity (Wildman–Crippen MR) is 74.3 cm³/mol. The molecule has 6 heteroatoms. The molecule has 1 N–H and O–H groups in total. The number of hydrogen-bond donors (Lipinski definition) is 1. The molecule has 0 bridgehead atoms. The Morgan fingerprint density at radius 3 is 2.89 bits per heavy atom. The molecule has 0 aliphatic rings. The third kappa shape index (κ3) is 3.21. The maximum absolute atomic E-state index is 11.2. The number of thiophene rings is 1. The summed E-state index contributed by atoms with van der Waals surface area (Å²) in [5, 5.41) is 15.2. The molecule has 0 radical (unpaired) electrons. The van der Waals surface area contributed by atoms with Gasteiger partial charge >= 0.3 is 5.97 Å². The summed E-state index contributed by atoms with van der Waals surface area (Å²) in [4.78, 5) is 14.6. The number of rotatable bonds is 6. The van der Waals surface area contributed by atoms with Crippen molar-refractivity contribution < 1.29 is 9.90 Å². The van der Waals surface area contributed by atoms with Crippen LogP contribution in [0.3, 0.4) is 0 Å². The van der Waals surface area contributed by atoms with Crippen molar-refractivity contribution in [2.24, 2.45) is 7.05 Å². The molecular formula is C13H17N3O2S. The highest BCUT2D eigenvalue weighted by molar-refractivity contribution is 7.09. The molecule has 102 valence electrons. The van der Waals surface area contributed by atoms with Gasteiger partial charge in [-0.2, -0.15) is 5.10 Å². The summed E-state index contributed by atoms with van der Waals surface area (Å²) in [5.41, 5.74) is 1.03. The van der Waals surface area contributed by atoms with E-state index in [1.165, 1.54) is 11.1 Å². The lowest BCUT2D eigenvalue weighted by molar-refractivity contribution is 0.0694. The summed E-state index contributed by atoms with van der Waals surface area (Å²) >= 11 is 1.71. The van der Waals surface area contributed by atoms with Gasteiger partial charge in [-0.25, -0.2) is 4.79 Å². The average molecular weight is 279 g/mol. The molecule has 0 fully saturated rings. The molecule has 2 rings (SSSR count). The van der Waals surface area contributed by atoms with Gasteiger partial charge in [-0.3, -0.25) is 9.58 Å². The highest BCUT2D eigenvalue weighted by atomic mass is 32.1. The third-order valence-electron chi connectivity index (χ3n) is 3.07. The fraction of sp³-hybridized carbons (Fsp3) is 0.385. The van der Waals surface area contributed by atoms with E-state index in [1.807, 2.05) is 6.07 Å². The standard InChI is InChI=1S/C13H17N3O2S/c1-3-16(8-10-5-4-6-19-10)9-12-11(13(17)18)7-14-15(12)2/h4-7H,3,8-9H2,1-2H3,(H,17,18). The van der Waals surface area contributed by atoms with Gasteiger partial charge in [-0.15, -0.1) is 11.3 Å². The van der Waals surface area contributed by atoms with Crippen molar-refractivity contribution in [3.8, 4) is 0 Å². The van der Waals surface area contributed by atoms with Gasteiger partial charge in [0.2, 0.25) is 0 Å². The van der Waals surface area contributed by atoms with Crippen LogP contribution >= 0.6 is 11.3 Å². The zero-order chi connectivity index (χ0) is 13.8. The molecule has 0 saturated heterocycles. The number of carbonyl (C=O) groups is 1. The molecule has 0 atom stereocenters. The SMILES string of the molecule is CCN(Cc1cccs1)Cc1c(C(=O)O)cnn1C. The first-order valence-corrected chi connectivity index (χ1v) is 6.98. The van der Waals surface area contributed by atoms with E-state index in [2.05, 4.69) is 28.4 Å². The van der Waals surface area contributed by atoms with E-state index in [-0.39, 0.29) is 5.56 Å². The minimum absolute atomic E-state index is 0.284. The summed E-state index contributed by atoms with van der Waals surface area (Å²) in [7, 11) is 1.78.